The van der Waals surface area contributed by atoms with Crippen LogP contribution < -0.4 is 28.4 Å². The summed E-state index contributed by atoms with van der Waals surface area (Å²) in [5, 5.41) is 9.19. The fourth-order valence-corrected chi connectivity index (χ4v) is 7.73. The van der Waals surface area contributed by atoms with Crippen molar-refractivity contribution in [1.82, 2.24) is 9.80 Å². The SMILES string of the molecule is COc1ccc2cc1Oc1ccc(cc1)C[C@H]1c3cc(c(OC)cc3CCN1C)Oc1c(OC(=O)CCCC(=O)O)c(OC)cc3c1[C@H](C2)N(C)CC3. The molecular formula is C42H46N2O9. The number of fused-ring (bicyclic) bond motifs is 2. The molecule has 0 spiro atoms. The molecule has 0 fully saturated rings. The molecule has 2 atom stereocenters. The van der Waals surface area contributed by atoms with E-state index >= 15 is 0 Å². The van der Waals surface area contributed by atoms with Crippen LogP contribution in [-0.4, -0.2) is 75.4 Å². The van der Waals surface area contributed by atoms with Crippen LogP contribution in [0.1, 0.15) is 64.7 Å². The van der Waals surface area contributed by atoms with Crippen LogP contribution in [-0.2, 0) is 35.3 Å². The topological polar surface area (TPSA) is 116 Å². The van der Waals surface area contributed by atoms with Gasteiger partial charge in [0.2, 0.25) is 5.75 Å². The minimum Gasteiger partial charge on any atom is -0.493 e. The number of hydrogen-bond acceptors (Lipinski definition) is 10. The summed E-state index contributed by atoms with van der Waals surface area (Å²) in [6, 6.07) is 20.1. The van der Waals surface area contributed by atoms with Crippen LogP contribution in [0.5, 0.6) is 46.0 Å². The number of methoxy groups -OCH3 is 3. The van der Waals surface area contributed by atoms with Crippen molar-refractivity contribution >= 4 is 11.9 Å². The predicted octanol–water partition coefficient (Wildman–Crippen LogP) is 7.31. The van der Waals surface area contributed by atoms with Crippen molar-refractivity contribution in [1.29, 1.82) is 0 Å². The first kappa shape index (κ1) is 36.1. The second kappa shape index (κ2) is 15.4. The van der Waals surface area contributed by atoms with E-state index in [9.17, 15) is 14.7 Å². The maximum atomic E-state index is 13.4. The standard InChI is InChI=1S/C42H46N2O9/c1-43-17-15-27-22-34(49-4)36-24-30(27)31(43)19-25-9-12-29(13-10-25)51-35-21-26(11-14-33(35)48-3)20-32-40-28(16-18-44(32)2)23-37(50-5)41(42(40)52-36)53-39(47)8-6-7-38(45)46/h9-14,21-24,31-32H,6-8,15-20H2,1-5H3,(H,45,46)/t31-,32-/m0/s1. The summed E-state index contributed by atoms with van der Waals surface area (Å²) < 4.78 is 37.2. The van der Waals surface area contributed by atoms with Gasteiger partial charge in [-0.15, -0.1) is 0 Å². The van der Waals surface area contributed by atoms with Crippen molar-refractivity contribution in [3.8, 4) is 46.0 Å². The third-order valence-corrected chi connectivity index (χ3v) is 10.6. The lowest BCUT2D eigenvalue weighted by Gasteiger charge is -2.37. The third-order valence-electron chi connectivity index (χ3n) is 10.6. The van der Waals surface area contributed by atoms with Crippen LogP contribution >= 0.6 is 0 Å². The highest BCUT2D eigenvalue weighted by atomic mass is 16.6. The first-order chi connectivity index (χ1) is 25.6. The van der Waals surface area contributed by atoms with Gasteiger partial charge in [0.15, 0.2) is 34.5 Å². The highest BCUT2D eigenvalue weighted by Gasteiger charge is 2.35. The summed E-state index contributed by atoms with van der Waals surface area (Å²) in [7, 11) is 9.02. The molecular weight excluding hydrogens is 676 g/mol. The van der Waals surface area contributed by atoms with Crippen LogP contribution in [0.2, 0.25) is 0 Å². The summed E-state index contributed by atoms with van der Waals surface area (Å²) >= 11 is 0. The number of nitrogens with zero attached hydrogens (tertiary/aromatic N) is 2. The third kappa shape index (κ3) is 7.49. The van der Waals surface area contributed by atoms with E-state index in [0.29, 0.717) is 53.1 Å². The highest BCUT2D eigenvalue weighted by Crippen LogP contribution is 2.52. The van der Waals surface area contributed by atoms with Crippen LogP contribution in [0.15, 0.2) is 60.7 Å². The molecule has 0 amide bonds. The van der Waals surface area contributed by atoms with E-state index in [0.717, 1.165) is 53.7 Å². The maximum absolute atomic E-state index is 13.4. The summed E-state index contributed by atoms with van der Waals surface area (Å²) in [6.45, 7) is 1.66. The van der Waals surface area contributed by atoms with Crippen molar-refractivity contribution in [3.63, 3.8) is 0 Å². The van der Waals surface area contributed by atoms with Gasteiger partial charge in [0.05, 0.1) is 21.3 Å². The quantitative estimate of drug-likeness (QED) is 0.146. The minimum absolute atomic E-state index is 0.0547. The molecule has 4 aromatic rings. The number of rotatable bonds is 8. The molecule has 11 nitrogen and oxygen atoms in total. The fraction of sp³-hybridized carbons (Fsp3) is 0.381. The molecule has 1 N–H and O–H groups in total. The number of carbonyl (C=O) groups excluding carboxylic acids is 1. The largest absolute Gasteiger partial charge is 0.493 e. The Kier molecular flexibility index (Phi) is 10.5. The second-order valence-corrected chi connectivity index (χ2v) is 14.0. The van der Waals surface area contributed by atoms with Crippen LogP contribution in [0.3, 0.4) is 0 Å². The van der Waals surface area contributed by atoms with Gasteiger partial charge in [-0.3, -0.25) is 19.4 Å². The van der Waals surface area contributed by atoms with E-state index < -0.39 is 11.9 Å². The molecule has 4 aliphatic rings. The van der Waals surface area contributed by atoms with Crippen molar-refractivity contribution in [2.45, 2.75) is 57.0 Å². The lowest BCUT2D eigenvalue weighted by Crippen LogP contribution is -2.34. The van der Waals surface area contributed by atoms with Gasteiger partial charge < -0.3 is 33.5 Å². The number of benzene rings is 4. The number of ether oxygens (including phenoxy) is 6. The summed E-state index contributed by atoms with van der Waals surface area (Å²) in [5.74, 6) is 2.32. The van der Waals surface area contributed by atoms with Crippen molar-refractivity contribution in [3.05, 3.63) is 94.0 Å². The molecule has 4 aliphatic heterocycles. The zero-order valence-electron chi connectivity index (χ0n) is 30.9. The number of esters is 1. The Balaban J connectivity index is 1.44. The number of likely N-dealkylation sites (N-methyl/N-ethyl adjacent to an activating group) is 2. The molecule has 278 valence electrons. The Labute approximate surface area is 309 Å². The molecule has 11 heteroatoms. The lowest BCUT2D eigenvalue weighted by molar-refractivity contribution is -0.137. The molecule has 0 aromatic heterocycles. The van der Waals surface area contributed by atoms with Gasteiger partial charge >= 0.3 is 11.9 Å². The van der Waals surface area contributed by atoms with E-state index in [4.69, 9.17) is 28.4 Å². The Hall–Kier alpha value is -5.26. The molecule has 4 heterocycles. The fourth-order valence-electron chi connectivity index (χ4n) is 7.73. The molecule has 8 rings (SSSR count). The van der Waals surface area contributed by atoms with E-state index in [1.165, 1.54) is 12.7 Å². The molecule has 6 bridgehead atoms. The van der Waals surface area contributed by atoms with Crippen LogP contribution in [0.4, 0.5) is 0 Å². The molecule has 0 unspecified atom stereocenters. The Morgan fingerprint density at radius 1 is 0.736 bits per heavy atom. The van der Waals surface area contributed by atoms with Gasteiger partial charge in [0.25, 0.3) is 0 Å². The first-order valence-electron chi connectivity index (χ1n) is 18.0. The highest BCUT2D eigenvalue weighted by molar-refractivity contribution is 5.77. The van der Waals surface area contributed by atoms with Gasteiger partial charge in [0.1, 0.15) is 5.75 Å². The molecule has 0 saturated heterocycles. The second-order valence-electron chi connectivity index (χ2n) is 14.0. The number of carboxylic acid groups (broad SMARTS) is 1. The number of carbonyl (C=O) groups is 2. The average Bonchev–Trinajstić information content (AvgIpc) is 3.14. The minimum atomic E-state index is -0.975. The summed E-state index contributed by atoms with van der Waals surface area (Å²) in [4.78, 5) is 29.2. The molecule has 0 saturated carbocycles. The van der Waals surface area contributed by atoms with E-state index in [1.807, 2.05) is 36.4 Å². The lowest BCUT2D eigenvalue weighted by atomic mass is 9.87. The van der Waals surface area contributed by atoms with Crippen molar-refractivity contribution in [2.24, 2.45) is 0 Å². The predicted molar refractivity (Wildman–Crippen MR) is 198 cm³/mol. The molecule has 0 radical (unpaired) electrons. The van der Waals surface area contributed by atoms with E-state index in [-0.39, 0.29) is 37.1 Å². The van der Waals surface area contributed by atoms with Crippen molar-refractivity contribution in [2.75, 3.05) is 48.5 Å². The van der Waals surface area contributed by atoms with Gasteiger partial charge in [-0.2, -0.15) is 0 Å². The van der Waals surface area contributed by atoms with Crippen LogP contribution in [0, 0.1) is 0 Å². The Morgan fingerprint density at radius 2 is 1.38 bits per heavy atom. The van der Waals surface area contributed by atoms with Gasteiger partial charge in [-0.25, -0.2) is 0 Å². The zero-order chi connectivity index (χ0) is 37.2. The van der Waals surface area contributed by atoms with Crippen molar-refractivity contribution < 1.29 is 43.1 Å². The first-order valence-corrected chi connectivity index (χ1v) is 18.0. The van der Waals surface area contributed by atoms with E-state index in [2.05, 4.69) is 48.2 Å². The normalized spacial score (nSPS) is 18.1. The number of aliphatic carboxylic acids is 1. The average molecular weight is 723 g/mol. The smallest absolute Gasteiger partial charge is 0.311 e. The zero-order valence-corrected chi connectivity index (χ0v) is 30.9. The Bertz CT molecular complexity index is 2010. The summed E-state index contributed by atoms with van der Waals surface area (Å²) in [6.07, 6.45) is 2.81. The molecule has 53 heavy (non-hydrogen) atoms. The maximum Gasteiger partial charge on any atom is 0.311 e. The summed E-state index contributed by atoms with van der Waals surface area (Å²) in [5.41, 5.74) is 6.37. The molecule has 0 aliphatic carbocycles. The van der Waals surface area contributed by atoms with Gasteiger partial charge in [0, 0.05) is 43.6 Å². The van der Waals surface area contributed by atoms with Gasteiger partial charge in [-0.05, 0) is 116 Å². The van der Waals surface area contributed by atoms with E-state index in [1.54, 1.807) is 14.2 Å². The van der Waals surface area contributed by atoms with Crippen LogP contribution in [0.25, 0.3) is 0 Å². The monoisotopic (exact) mass is 722 g/mol. The Morgan fingerprint density at radius 3 is 2.09 bits per heavy atom. The number of hydrogen-bond donors (Lipinski definition) is 1. The number of carboxylic acids is 1. The molecule has 4 aromatic carbocycles. The van der Waals surface area contributed by atoms with Gasteiger partial charge in [-0.1, -0.05) is 18.2 Å².